The molecule has 1 N–H and O–H groups in total. The number of hydrogen-bond donors (Lipinski definition) is 1. The lowest BCUT2D eigenvalue weighted by atomic mass is 10.2. The van der Waals surface area contributed by atoms with Crippen LogP contribution in [0.25, 0.3) is 0 Å². The predicted octanol–water partition coefficient (Wildman–Crippen LogP) is 4.54. The van der Waals surface area contributed by atoms with Crippen molar-refractivity contribution in [2.75, 3.05) is 18.4 Å². The highest BCUT2D eigenvalue weighted by Crippen LogP contribution is 2.31. The number of likely N-dealkylation sites (tertiary alicyclic amines) is 1. The van der Waals surface area contributed by atoms with Crippen molar-refractivity contribution in [3.8, 4) is 0 Å². The summed E-state index contributed by atoms with van der Waals surface area (Å²) in [5, 5.41) is 3.96. The van der Waals surface area contributed by atoms with E-state index in [1.54, 1.807) is 24.3 Å². The third-order valence-electron chi connectivity index (χ3n) is 3.99. The van der Waals surface area contributed by atoms with Crippen LogP contribution >= 0.6 is 23.2 Å². The molecule has 1 aromatic heterocycles. The van der Waals surface area contributed by atoms with Crippen molar-refractivity contribution in [2.24, 2.45) is 0 Å². The van der Waals surface area contributed by atoms with Crippen LogP contribution < -0.4 is 5.32 Å². The summed E-state index contributed by atoms with van der Waals surface area (Å²) in [7, 11) is 0. The Hall–Kier alpha value is -1.85. The fraction of sp³-hybridized carbons (Fsp3) is 0.353. The zero-order valence-corrected chi connectivity index (χ0v) is 14.6. The molecule has 2 aromatic rings. The third kappa shape index (κ3) is 3.97. The Labute approximate surface area is 151 Å². The second-order valence-electron chi connectivity index (χ2n) is 5.72. The SMILES string of the molecule is O=C(c1cc(Nc2cccc(Cl)c2Cl)ncn1)N1CCCCCC1. The number of benzene rings is 1. The van der Waals surface area contributed by atoms with Gasteiger partial charge < -0.3 is 10.2 Å². The molecule has 0 radical (unpaired) electrons. The minimum Gasteiger partial charge on any atom is -0.339 e. The fourth-order valence-corrected chi connectivity index (χ4v) is 3.06. The largest absolute Gasteiger partial charge is 0.339 e. The molecular weight excluding hydrogens is 347 g/mol. The number of halogens is 2. The highest BCUT2D eigenvalue weighted by Gasteiger charge is 2.19. The first kappa shape index (κ1) is 17.0. The van der Waals surface area contributed by atoms with Crippen LogP contribution in [0.1, 0.15) is 36.2 Å². The van der Waals surface area contributed by atoms with Crippen molar-refractivity contribution in [3.05, 3.63) is 46.3 Å². The van der Waals surface area contributed by atoms with Gasteiger partial charge in [-0.2, -0.15) is 0 Å². The number of hydrogen-bond acceptors (Lipinski definition) is 4. The van der Waals surface area contributed by atoms with Crippen LogP contribution in [0.3, 0.4) is 0 Å². The van der Waals surface area contributed by atoms with Crippen molar-refractivity contribution in [1.29, 1.82) is 0 Å². The van der Waals surface area contributed by atoms with Crippen molar-refractivity contribution >= 4 is 40.6 Å². The number of carbonyl (C=O) groups excluding carboxylic acids is 1. The second-order valence-corrected chi connectivity index (χ2v) is 6.51. The molecule has 7 heteroatoms. The van der Waals surface area contributed by atoms with Crippen LogP contribution in [-0.4, -0.2) is 33.9 Å². The molecule has 0 saturated carbocycles. The second kappa shape index (κ2) is 7.81. The normalized spacial score (nSPS) is 15.0. The summed E-state index contributed by atoms with van der Waals surface area (Å²) in [6.45, 7) is 1.57. The molecule has 3 rings (SSSR count). The number of nitrogens with zero attached hydrogens (tertiary/aromatic N) is 3. The molecule has 0 bridgehead atoms. The molecule has 1 aliphatic heterocycles. The zero-order chi connectivity index (χ0) is 16.9. The Balaban J connectivity index is 1.78. The predicted molar refractivity (Wildman–Crippen MR) is 96.1 cm³/mol. The number of amides is 1. The summed E-state index contributed by atoms with van der Waals surface area (Å²) in [4.78, 5) is 22.8. The van der Waals surface area contributed by atoms with Gasteiger partial charge in [0.25, 0.3) is 5.91 Å². The number of carbonyl (C=O) groups is 1. The molecule has 126 valence electrons. The Morgan fingerprint density at radius 1 is 1.08 bits per heavy atom. The van der Waals surface area contributed by atoms with Crippen LogP contribution in [0.15, 0.2) is 30.6 Å². The van der Waals surface area contributed by atoms with Gasteiger partial charge in [-0.1, -0.05) is 42.1 Å². The Morgan fingerprint density at radius 3 is 2.58 bits per heavy atom. The smallest absolute Gasteiger partial charge is 0.272 e. The monoisotopic (exact) mass is 364 g/mol. The molecule has 1 fully saturated rings. The average molecular weight is 365 g/mol. The van der Waals surface area contributed by atoms with Crippen LogP contribution in [0.5, 0.6) is 0 Å². The summed E-state index contributed by atoms with van der Waals surface area (Å²) < 4.78 is 0. The quantitative estimate of drug-likeness (QED) is 0.867. The minimum atomic E-state index is -0.0560. The van der Waals surface area contributed by atoms with Crippen LogP contribution in [0, 0.1) is 0 Å². The minimum absolute atomic E-state index is 0.0560. The van der Waals surface area contributed by atoms with E-state index in [2.05, 4.69) is 15.3 Å². The molecule has 0 spiro atoms. The number of anilines is 2. The lowest BCUT2D eigenvalue weighted by Gasteiger charge is -2.19. The van der Waals surface area contributed by atoms with Crippen molar-refractivity contribution in [3.63, 3.8) is 0 Å². The van der Waals surface area contributed by atoms with Gasteiger partial charge in [0.15, 0.2) is 0 Å². The van der Waals surface area contributed by atoms with E-state index in [4.69, 9.17) is 23.2 Å². The first-order chi connectivity index (χ1) is 11.6. The lowest BCUT2D eigenvalue weighted by molar-refractivity contribution is 0.0755. The molecule has 0 atom stereocenters. The van der Waals surface area contributed by atoms with Gasteiger partial charge in [-0.05, 0) is 25.0 Å². The molecule has 2 heterocycles. The van der Waals surface area contributed by atoms with Crippen LogP contribution in [-0.2, 0) is 0 Å². The Kier molecular flexibility index (Phi) is 5.53. The maximum Gasteiger partial charge on any atom is 0.272 e. The van der Waals surface area contributed by atoms with Gasteiger partial charge in [-0.25, -0.2) is 9.97 Å². The van der Waals surface area contributed by atoms with Gasteiger partial charge in [0.05, 0.1) is 15.7 Å². The number of rotatable bonds is 3. The molecule has 24 heavy (non-hydrogen) atoms. The van der Waals surface area contributed by atoms with E-state index in [0.29, 0.717) is 27.2 Å². The van der Waals surface area contributed by atoms with Gasteiger partial charge in [-0.3, -0.25) is 4.79 Å². The summed E-state index contributed by atoms with van der Waals surface area (Å²) in [6.07, 6.45) is 5.81. The highest BCUT2D eigenvalue weighted by atomic mass is 35.5. The molecule has 1 aliphatic rings. The van der Waals surface area contributed by atoms with Gasteiger partial charge in [0.1, 0.15) is 17.8 Å². The molecule has 1 amide bonds. The van der Waals surface area contributed by atoms with Crippen LogP contribution in [0.4, 0.5) is 11.5 Å². The first-order valence-corrected chi connectivity index (χ1v) is 8.73. The summed E-state index contributed by atoms with van der Waals surface area (Å²) >= 11 is 12.2. The summed E-state index contributed by atoms with van der Waals surface area (Å²) in [6, 6.07) is 6.95. The van der Waals surface area contributed by atoms with Crippen LogP contribution in [0.2, 0.25) is 10.0 Å². The summed E-state index contributed by atoms with van der Waals surface area (Å²) in [5.74, 6) is 0.451. The maximum atomic E-state index is 12.6. The third-order valence-corrected chi connectivity index (χ3v) is 4.81. The molecular formula is C17H18Cl2N4O. The molecule has 1 aromatic carbocycles. The highest BCUT2D eigenvalue weighted by molar-refractivity contribution is 6.43. The molecule has 5 nitrogen and oxygen atoms in total. The van der Waals surface area contributed by atoms with Gasteiger partial charge in [-0.15, -0.1) is 0 Å². The lowest BCUT2D eigenvalue weighted by Crippen LogP contribution is -2.32. The summed E-state index contributed by atoms with van der Waals surface area (Å²) in [5.41, 5.74) is 1.02. The maximum absolute atomic E-state index is 12.6. The van der Waals surface area contributed by atoms with E-state index in [1.165, 1.54) is 19.2 Å². The van der Waals surface area contributed by atoms with E-state index < -0.39 is 0 Å². The van der Waals surface area contributed by atoms with E-state index in [9.17, 15) is 4.79 Å². The number of aromatic nitrogens is 2. The van der Waals surface area contributed by atoms with E-state index >= 15 is 0 Å². The van der Waals surface area contributed by atoms with Crippen molar-refractivity contribution < 1.29 is 4.79 Å². The van der Waals surface area contributed by atoms with Gasteiger partial charge in [0.2, 0.25) is 0 Å². The van der Waals surface area contributed by atoms with Gasteiger partial charge >= 0.3 is 0 Å². The topological polar surface area (TPSA) is 58.1 Å². The molecule has 1 saturated heterocycles. The van der Waals surface area contributed by atoms with E-state index in [-0.39, 0.29) is 5.91 Å². The van der Waals surface area contributed by atoms with E-state index in [0.717, 1.165) is 25.9 Å². The average Bonchev–Trinajstić information content (AvgIpc) is 2.88. The zero-order valence-electron chi connectivity index (χ0n) is 13.1. The van der Waals surface area contributed by atoms with Gasteiger partial charge in [0, 0.05) is 19.2 Å². The van der Waals surface area contributed by atoms with Crippen molar-refractivity contribution in [1.82, 2.24) is 14.9 Å². The number of nitrogens with one attached hydrogen (secondary N) is 1. The molecule has 0 unspecified atom stereocenters. The Bertz CT molecular complexity index is 730. The van der Waals surface area contributed by atoms with E-state index in [1.807, 2.05) is 4.90 Å². The standard InChI is InChI=1S/C17H18Cl2N4O/c18-12-6-5-7-13(16(12)19)22-15-10-14(20-11-21-15)17(24)23-8-3-1-2-4-9-23/h5-7,10-11H,1-4,8-9H2,(H,20,21,22). The first-order valence-electron chi connectivity index (χ1n) is 7.97. The van der Waals surface area contributed by atoms with Crippen molar-refractivity contribution in [2.45, 2.75) is 25.7 Å². The fourth-order valence-electron chi connectivity index (χ4n) is 2.72. The molecule has 0 aliphatic carbocycles. The Morgan fingerprint density at radius 2 is 1.83 bits per heavy atom.